The van der Waals surface area contributed by atoms with Gasteiger partial charge in [0.05, 0.1) is 0 Å². The maximum Gasteiger partial charge on any atom is 0.408 e. The Kier molecular flexibility index (Phi) is 5.70. The van der Waals surface area contributed by atoms with Crippen LogP contribution in [0.15, 0.2) is 89.3 Å². The summed E-state index contributed by atoms with van der Waals surface area (Å²) in [6.07, 6.45) is -1.35. The van der Waals surface area contributed by atoms with E-state index in [1.165, 1.54) is 0 Å². The van der Waals surface area contributed by atoms with Crippen molar-refractivity contribution in [3.63, 3.8) is 0 Å². The lowest BCUT2D eigenvalue weighted by molar-refractivity contribution is -0.139. The number of amides is 1. The molecule has 5 rings (SSSR count). The fourth-order valence-electron chi connectivity index (χ4n) is 3.84. The molecule has 0 spiro atoms. The summed E-state index contributed by atoms with van der Waals surface area (Å²) in [5, 5.41) is 11.7. The molecule has 3 aromatic carbocycles. The molecule has 1 aliphatic heterocycles. The van der Waals surface area contributed by atoms with Crippen molar-refractivity contribution in [3.8, 4) is 28.3 Å². The molecule has 1 fully saturated rings. The molecule has 1 aromatic heterocycles. The van der Waals surface area contributed by atoms with Crippen LogP contribution in [0.25, 0.3) is 22.6 Å². The van der Waals surface area contributed by atoms with Gasteiger partial charge < -0.3 is 24.3 Å². The van der Waals surface area contributed by atoms with E-state index in [9.17, 15) is 9.59 Å². The van der Waals surface area contributed by atoms with Crippen molar-refractivity contribution in [2.45, 2.75) is 12.1 Å². The van der Waals surface area contributed by atoms with Crippen molar-refractivity contribution < 1.29 is 28.6 Å². The molecule has 8 heteroatoms. The number of oxazole rings is 1. The summed E-state index contributed by atoms with van der Waals surface area (Å²) in [5.41, 5.74) is 3.00. The number of carbonyl (C=O) groups is 2. The SMILES string of the molecule is O=C(O)COc1cccc(C2OC(=O)NC2c2nc(-c3ccccc3)c(-c3ccccc3)o2)c1. The van der Waals surface area contributed by atoms with Gasteiger partial charge >= 0.3 is 12.1 Å². The average molecular weight is 456 g/mol. The third-order valence-corrected chi connectivity index (χ3v) is 5.35. The second-order valence-electron chi connectivity index (χ2n) is 7.66. The molecular weight excluding hydrogens is 436 g/mol. The average Bonchev–Trinajstić information content (AvgIpc) is 3.48. The first-order valence-electron chi connectivity index (χ1n) is 10.6. The molecule has 0 aliphatic carbocycles. The zero-order valence-corrected chi connectivity index (χ0v) is 17.9. The molecule has 2 N–H and O–H groups in total. The van der Waals surface area contributed by atoms with Gasteiger partial charge in [-0.15, -0.1) is 0 Å². The van der Waals surface area contributed by atoms with Gasteiger partial charge in [-0.1, -0.05) is 72.8 Å². The van der Waals surface area contributed by atoms with E-state index in [0.717, 1.165) is 11.1 Å². The molecule has 0 saturated carbocycles. The van der Waals surface area contributed by atoms with Crippen molar-refractivity contribution in [1.82, 2.24) is 10.3 Å². The summed E-state index contributed by atoms with van der Waals surface area (Å²) in [6, 6.07) is 25.3. The summed E-state index contributed by atoms with van der Waals surface area (Å²) >= 11 is 0. The molecule has 0 bridgehead atoms. The molecule has 2 heterocycles. The van der Waals surface area contributed by atoms with Gasteiger partial charge in [-0.3, -0.25) is 0 Å². The number of rotatable bonds is 7. The van der Waals surface area contributed by atoms with Gasteiger partial charge in [-0.2, -0.15) is 0 Å². The fourth-order valence-corrected chi connectivity index (χ4v) is 3.84. The molecule has 2 atom stereocenters. The van der Waals surface area contributed by atoms with Gasteiger partial charge in [0.25, 0.3) is 0 Å². The minimum Gasteiger partial charge on any atom is -0.482 e. The van der Waals surface area contributed by atoms with Crippen LogP contribution >= 0.6 is 0 Å². The standard InChI is InChI=1S/C26H20N2O6/c29-20(30)15-32-19-13-7-12-18(14-19)24-22(28-26(31)34-24)25-27-21(16-8-3-1-4-9-16)23(33-25)17-10-5-2-6-11-17/h1-14,22,24H,15H2,(H,28,31)(H,29,30). The molecule has 34 heavy (non-hydrogen) atoms. The largest absolute Gasteiger partial charge is 0.482 e. The van der Waals surface area contributed by atoms with Crippen molar-refractivity contribution >= 4 is 12.1 Å². The molecular formula is C26H20N2O6. The highest BCUT2D eigenvalue weighted by molar-refractivity contribution is 5.77. The van der Waals surface area contributed by atoms with Gasteiger partial charge in [0.1, 0.15) is 17.5 Å². The monoisotopic (exact) mass is 456 g/mol. The molecule has 0 radical (unpaired) electrons. The van der Waals surface area contributed by atoms with Crippen LogP contribution < -0.4 is 10.1 Å². The minimum atomic E-state index is -1.08. The number of carboxylic acids is 1. The van der Waals surface area contributed by atoms with Crippen LogP contribution in [0.4, 0.5) is 4.79 Å². The van der Waals surface area contributed by atoms with E-state index >= 15 is 0 Å². The van der Waals surface area contributed by atoms with Crippen molar-refractivity contribution in [2.24, 2.45) is 0 Å². The molecule has 1 amide bonds. The van der Waals surface area contributed by atoms with E-state index in [0.29, 0.717) is 28.7 Å². The van der Waals surface area contributed by atoms with Gasteiger partial charge in [-0.25, -0.2) is 14.6 Å². The molecule has 1 saturated heterocycles. The van der Waals surface area contributed by atoms with Crippen LogP contribution in [0.2, 0.25) is 0 Å². The lowest BCUT2D eigenvalue weighted by Gasteiger charge is -2.15. The lowest BCUT2D eigenvalue weighted by atomic mass is 10.0. The number of ether oxygens (including phenoxy) is 2. The second-order valence-corrected chi connectivity index (χ2v) is 7.66. The number of hydrogen-bond donors (Lipinski definition) is 2. The lowest BCUT2D eigenvalue weighted by Crippen LogP contribution is -2.20. The maximum atomic E-state index is 12.2. The van der Waals surface area contributed by atoms with Crippen LogP contribution in [-0.2, 0) is 9.53 Å². The first-order chi connectivity index (χ1) is 16.6. The quantitative estimate of drug-likeness (QED) is 0.403. The van der Waals surface area contributed by atoms with Crippen LogP contribution in [0.1, 0.15) is 23.6 Å². The number of cyclic esters (lactones) is 1. The highest BCUT2D eigenvalue weighted by Gasteiger charge is 2.40. The Morgan fingerprint density at radius 3 is 2.38 bits per heavy atom. The van der Waals surface area contributed by atoms with Gasteiger partial charge in [0.2, 0.25) is 5.89 Å². The number of aliphatic carboxylic acids is 1. The third kappa shape index (κ3) is 4.33. The maximum absolute atomic E-state index is 12.2. The van der Waals surface area contributed by atoms with E-state index in [1.807, 2.05) is 60.7 Å². The van der Waals surface area contributed by atoms with E-state index in [4.69, 9.17) is 24.0 Å². The number of benzene rings is 3. The number of nitrogens with one attached hydrogen (secondary N) is 1. The summed E-state index contributed by atoms with van der Waals surface area (Å²) in [7, 11) is 0. The predicted molar refractivity (Wildman–Crippen MR) is 122 cm³/mol. The Morgan fingerprint density at radius 1 is 0.971 bits per heavy atom. The van der Waals surface area contributed by atoms with Crippen LogP contribution in [0, 0.1) is 0 Å². The van der Waals surface area contributed by atoms with Crippen molar-refractivity contribution in [2.75, 3.05) is 6.61 Å². The predicted octanol–water partition coefficient (Wildman–Crippen LogP) is 4.99. The summed E-state index contributed by atoms with van der Waals surface area (Å²) in [5.74, 6) is 0.147. The van der Waals surface area contributed by atoms with Gasteiger partial charge in [-0.05, 0) is 17.7 Å². The summed E-state index contributed by atoms with van der Waals surface area (Å²) < 4.78 is 17.0. The second kappa shape index (κ2) is 9.11. The Hall–Kier alpha value is -4.59. The molecule has 170 valence electrons. The number of hydrogen-bond acceptors (Lipinski definition) is 6. The highest BCUT2D eigenvalue weighted by Crippen LogP contribution is 2.41. The highest BCUT2D eigenvalue weighted by atomic mass is 16.6. The van der Waals surface area contributed by atoms with Crippen LogP contribution in [-0.4, -0.2) is 28.8 Å². The van der Waals surface area contributed by atoms with Gasteiger partial charge in [0.15, 0.2) is 18.5 Å². The van der Waals surface area contributed by atoms with E-state index < -0.39 is 30.8 Å². The van der Waals surface area contributed by atoms with Crippen LogP contribution in [0.3, 0.4) is 0 Å². The molecule has 8 nitrogen and oxygen atoms in total. The Bertz CT molecular complexity index is 1260. The normalized spacial score (nSPS) is 17.1. The first-order valence-corrected chi connectivity index (χ1v) is 10.6. The smallest absolute Gasteiger partial charge is 0.408 e. The molecule has 4 aromatic rings. The Morgan fingerprint density at radius 2 is 1.68 bits per heavy atom. The van der Waals surface area contributed by atoms with E-state index in [2.05, 4.69) is 5.32 Å². The molecule has 1 aliphatic rings. The Balaban J connectivity index is 1.54. The fraction of sp³-hybridized carbons (Fsp3) is 0.115. The van der Waals surface area contributed by atoms with Crippen molar-refractivity contribution in [3.05, 3.63) is 96.4 Å². The number of nitrogens with zero attached hydrogens (tertiary/aromatic N) is 1. The first kappa shape index (κ1) is 21.3. The van der Waals surface area contributed by atoms with Crippen LogP contribution in [0.5, 0.6) is 5.75 Å². The molecule has 2 unspecified atom stereocenters. The van der Waals surface area contributed by atoms with Crippen molar-refractivity contribution in [1.29, 1.82) is 0 Å². The number of carbonyl (C=O) groups excluding carboxylic acids is 1. The number of aromatic nitrogens is 1. The van der Waals surface area contributed by atoms with Gasteiger partial charge in [0, 0.05) is 11.1 Å². The Labute approximate surface area is 194 Å². The van der Waals surface area contributed by atoms with E-state index in [-0.39, 0.29) is 0 Å². The minimum absolute atomic E-state index is 0.297. The summed E-state index contributed by atoms with van der Waals surface area (Å²) in [6.45, 7) is -0.476. The zero-order valence-electron chi connectivity index (χ0n) is 17.9. The third-order valence-electron chi connectivity index (χ3n) is 5.35. The number of alkyl carbamates (subject to hydrolysis) is 1. The van der Waals surface area contributed by atoms with E-state index in [1.54, 1.807) is 24.3 Å². The summed E-state index contributed by atoms with van der Waals surface area (Å²) in [4.78, 5) is 27.8. The number of carboxylic acid groups (broad SMARTS) is 1. The topological polar surface area (TPSA) is 111 Å². The zero-order chi connectivity index (χ0) is 23.5.